The predicted octanol–water partition coefficient (Wildman–Crippen LogP) is 3.64. The van der Waals surface area contributed by atoms with E-state index in [1.165, 1.54) is 18.2 Å². The minimum atomic E-state index is -3.86. The number of tetrazole rings is 1. The molecule has 168 valence electrons. The van der Waals surface area contributed by atoms with Gasteiger partial charge in [0.05, 0.1) is 10.6 Å². The van der Waals surface area contributed by atoms with Crippen molar-refractivity contribution in [1.82, 2.24) is 20.2 Å². The van der Waals surface area contributed by atoms with Crippen LogP contribution in [0.3, 0.4) is 0 Å². The lowest BCUT2D eigenvalue weighted by Gasteiger charge is -2.12. The molecule has 0 aliphatic rings. The lowest BCUT2D eigenvalue weighted by atomic mass is 10.1. The van der Waals surface area contributed by atoms with Gasteiger partial charge in [-0.15, -0.1) is 5.10 Å². The number of aromatic nitrogens is 4. The van der Waals surface area contributed by atoms with Crippen molar-refractivity contribution in [3.8, 4) is 5.69 Å². The number of benzene rings is 3. The summed E-state index contributed by atoms with van der Waals surface area (Å²) in [5.41, 5.74) is 3.86. The van der Waals surface area contributed by atoms with E-state index < -0.39 is 15.9 Å². The number of carbonyl (C=O) groups is 1. The summed E-state index contributed by atoms with van der Waals surface area (Å²) in [7, 11) is -3.86. The molecule has 0 aliphatic heterocycles. The number of hydrogen-bond acceptors (Lipinski definition) is 6. The topological polar surface area (TPSA) is 119 Å². The number of amides is 1. The second-order valence-corrected chi connectivity index (χ2v) is 9.28. The number of anilines is 2. The van der Waals surface area contributed by atoms with E-state index in [9.17, 15) is 13.2 Å². The molecule has 4 aromatic rings. The van der Waals surface area contributed by atoms with E-state index in [0.29, 0.717) is 17.2 Å². The van der Waals surface area contributed by atoms with Crippen LogP contribution in [-0.2, 0) is 10.0 Å². The molecule has 0 saturated heterocycles. The number of hydrogen-bond donors (Lipinski definition) is 2. The van der Waals surface area contributed by atoms with Gasteiger partial charge in [0.1, 0.15) is 0 Å². The Kier molecular flexibility index (Phi) is 5.93. The second kappa shape index (κ2) is 8.83. The summed E-state index contributed by atoms with van der Waals surface area (Å²) in [6.07, 6.45) is 0. The van der Waals surface area contributed by atoms with Crippen LogP contribution in [0.4, 0.5) is 11.4 Å². The van der Waals surface area contributed by atoms with Crippen LogP contribution in [0, 0.1) is 20.8 Å². The normalized spacial score (nSPS) is 11.2. The third-order valence-electron chi connectivity index (χ3n) is 5.03. The fourth-order valence-corrected chi connectivity index (χ4v) is 4.32. The summed E-state index contributed by atoms with van der Waals surface area (Å²) in [6, 6.07) is 18.2. The average Bonchev–Trinajstić information content (AvgIpc) is 3.22. The first-order chi connectivity index (χ1) is 15.7. The van der Waals surface area contributed by atoms with Crippen LogP contribution >= 0.6 is 0 Å². The highest BCUT2D eigenvalue weighted by Crippen LogP contribution is 2.21. The second-order valence-electron chi connectivity index (χ2n) is 7.59. The van der Waals surface area contributed by atoms with Gasteiger partial charge >= 0.3 is 0 Å². The standard InChI is InChI=1S/C23H22N6O3S/c1-15-7-10-19(11-8-15)26-33(31,32)21-6-4-5-18(13-21)23(30)24-20-12-9-16(2)22(14-20)29-17(3)25-27-28-29/h4-14,26H,1-3H3,(H,24,30). The summed E-state index contributed by atoms with van der Waals surface area (Å²) in [5.74, 6) is 0.172. The van der Waals surface area contributed by atoms with Gasteiger partial charge in [-0.3, -0.25) is 9.52 Å². The molecule has 33 heavy (non-hydrogen) atoms. The molecule has 0 spiro atoms. The van der Waals surface area contributed by atoms with E-state index in [-0.39, 0.29) is 10.5 Å². The van der Waals surface area contributed by atoms with E-state index in [1.807, 2.05) is 32.0 Å². The minimum absolute atomic E-state index is 0.00960. The Labute approximate surface area is 191 Å². The summed E-state index contributed by atoms with van der Waals surface area (Å²) in [5, 5.41) is 14.3. The zero-order chi connectivity index (χ0) is 23.6. The maximum atomic E-state index is 12.9. The van der Waals surface area contributed by atoms with E-state index in [4.69, 9.17) is 0 Å². The quantitative estimate of drug-likeness (QED) is 0.452. The molecule has 2 N–H and O–H groups in total. The molecule has 0 unspecified atom stereocenters. The first-order valence-electron chi connectivity index (χ1n) is 10.1. The fourth-order valence-electron chi connectivity index (χ4n) is 3.21. The Morgan fingerprint density at radius 3 is 2.33 bits per heavy atom. The Hall–Kier alpha value is -4.05. The van der Waals surface area contributed by atoms with E-state index in [2.05, 4.69) is 25.6 Å². The molecule has 0 saturated carbocycles. The maximum Gasteiger partial charge on any atom is 0.261 e. The first-order valence-corrected chi connectivity index (χ1v) is 11.6. The van der Waals surface area contributed by atoms with Crippen molar-refractivity contribution >= 4 is 27.3 Å². The molecule has 9 nitrogen and oxygen atoms in total. The highest BCUT2D eigenvalue weighted by molar-refractivity contribution is 7.92. The van der Waals surface area contributed by atoms with Crippen LogP contribution in [0.5, 0.6) is 0 Å². The van der Waals surface area contributed by atoms with Crippen LogP contribution in [0.25, 0.3) is 5.69 Å². The molecular weight excluding hydrogens is 440 g/mol. The number of aryl methyl sites for hydroxylation is 3. The largest absolute Gasteiger partial charge is 0.322 e. The van der Waals surface area contributed by atoms with Crippen LogP contribution < -0.4 is 10.0 Å². The molecule has 4 rings (SSSR count). The molecule has 10 heteroatoms. The van der Waals surface area contributed by atoms with Gasteiger partial charge in [-0.25, -0.2) is 8.42 Å². The van der Waals surface area contributed by atoms with Crippen molar-refractivity contribution in [2.24, 2.45) is 0 Å². The molecular formula is C23H22N6O3S. The number of nitrogens with one attached hydrogen (secondary N) is 2. The monoisotopic (exact) mass is 462 g/mol. The smallest absolute Gasteiger partial charge is 0.261 e. The van der Waals surface area contributed by atoms with Gasteiger partial charge in [0.15, 0.2) is 5.82 Å². The van der Waals surface area contributed by atoms with Crippen molar-refractivity contribution in [1.29, 1.82) is 0 Å². The lowest BCUT2D eigenvalue weighted by Crippen LogP contribution is -2.16. The SMILES string of the molecule is Cc1ccc(NS(=O)(=O)c2cccc(C(=O)Nc3ccc(C)c(-n4nnnc4C)c3)c2)cc1. The molecule has 0 fully saturated rings. The first kappa shape index (κ1) is 22.2. The number of sulfonamides is 1. The molecule has 1 amide bonds. The van der Waals surface area contributed by atoms with Crippen LogP contribution in [0.15, 0.2) is 71.6 Å². The van der Waals surface area contributed by atoms with Crippen molar-refractivity contribution < 1.29 is 13.2 Å². The van der Waals surface area contributed by atoms with Gasteiger partial charge in [-0.05, 0) is 79.2 Å². The van der Waals surface area contributed by atoms with Crippen LogP contribution in [0.1, 0.15) is 27.3 Å². The highest BCUT2D eigenvalue weighted by atomic mass is 32.2. The molecule has 1 aromatic heterocycles. The van der Waals surface area contributed by atoms with Crippen LogP contribution in [-0.4, -0.2) is 34.5 Å². The minimum Gasteiger partial charge on any atom is -0.322 e. The van der Waals surface area contributed by atoms with Crippen molar-refractivity contribution in [3.63, 3.8) is 0 Å². The molecule has 0 bridgehead atoms. The lowest BCUT2D eigenvalue weighted by molar-refractivity contribution is 0.102. The number of nitrogens with zero attached hydrogens (tertiary/aromatic N) is 4. The van der Waals surface area contributed by atoms with Gasteiger partial charge in [0.25, 0.3) is 15.9 Å². The van der Waals surface area contributed by atoms with Gasteiger partial charge in [0.2, 0.25) is 0 Å². The number of carbonyl (C=O) groups excluding carboxylic acids is 1. The summed E-state index contributed by atoms with van der Waals surface area (Å²) in [6.45, 7) is 5.61. The van der Waals surface area contributed by atoms with Gasteiger partial charge in [-0.1, -0.05) is 29.8 Å². The zero-order valence-electron chi connectivity index (χ0n) is 18.3. The molecule has 0 radical (unpaired) electrons. The van der Waals surface area contributed by atoms with Gasteiger partial charge in [-0.2, -0.15) is 4.68 Å². The zero-order valence-corrected chi connectivity index (χ0v) is 19.1. The summed E-state index contributed by atoms with van der Waals surface area (Å²) >= 11 is 0. The molecule has 0 aliphatic carbocycles. The van der Waals surface area contributed by atoms with Crippen molar-refractivity contribution in [2.45, 2.75) is 25.7 Å². The molecule has 1 heterocycles. The van der Waals surface area contributed by atoms with E-state index in [1.54, 1.807) is 41.9 Å². The Morgan fingerprint density at radius 1 is 0.909 bits per heavy atom. The third kappa shape index (κ3) is 4.90. The third-order valence-corrected chi connectivity index (χ3v) is 6.41. The van der Waals surface area contributed by atoms with Gasteiger partial charge in [0, 0.05) is 16.9 Å². The Bertz CT molecular complexity index is 1430. The maximum absolute atomic E-state index is 12.9. The Balaban J connectivity index is 1.56. The highest BCUT2D eigenvalue weighted by Gasteiger charge is 2.17. The number of rotatable bonds is 6. The average molecular weight is 463 g/mol. The summed E-state index contributed by atoms with van der Waals surface area (Å²) in [4.78, 5) is 12.9. The molecule has 0 atom stereocenters. The Morgan fingerprint density at radius 2 is 1.64 bits per heavy atom. The van der Waals surface area contributed by atoms with E-state index >= 15 is 0 Å². The van der Waals surface area contributed by atoms with Crippen LogP contribution in [0.2, 0.25) is 0 Å². The fraction of sp³-hybridized carbons (Fsp3) is 0.130. The van der Waals surface area contributed by atoms with Crippen molar-refractivity contribution in [2.75, 3.05) is 10.0 Å². The van der Waals surface area contributed by atoms with E-state index in [0.717, 1.165) is 16.8 Å². The van der Waals surface area contributed by atoms with Gasteiger partial charge < -0.3 is 5.32 Å². The van der Waals surface area contributed by atoms with Crippen molar-refractivity contribution in [3.05, 3.63) is 89.2 Å². The summed E-state index contributed by atoms with van der Waals surface area (Å²) < 4.78 is 29.7. The molecule has 3 aromatic carbocycles. The predicted molar refractivity (Wildman–Crippen MR) is 125 cm³/mol.